The van der Waals surface area contributed by atoms with Crippen LogP contribution in [0.2, 0.25) is 0 Å². The van der Waals surface area contributed by atoms with Gasteiger partial charge in [0, 0.05) is 64.6 Å². The molecule has 1 aromatic heterocycles. The molecular weight excluding hydrogens is 336 g/mol. The van der Waals surface area contributed by atoms with Crippen LogP contribution in [0.3, 0.4) is 0 Å². The van der Waals surface area contributed by atoms with Crippen molar-refractivity contribution in [3.8, 4) is 0 Å². The molecule has 0 radical (unpaired) electrons. The van der Waals surface area contributed by atoms with E-state index in [0.29, 0.717) is 18.5 Å². The maximum absolute atomic E-state index is 12.2. The summed E-state index contributed by atoms with van der Waals surface area (Å²) in [7, 11) is 3.70. The lowest BCUT2D eigenvalue weighted by atomic mass is 9.94. The quantitative estimate of drug-likeness (QED) is 0.813. The van der Waals surface area contributed by atoms with E-state index < -0.39 is 0 Å². The molecule has 1 aromatic carbocycles. The summed E-state index contributed by atoms with van der Waals surface area (Å²) in [5, 5.41) is 1.33. The summed E-state index contributed by atoms with van der Waals surface area (Å²) in [6, 6.07) is 9.68. The van der Waals surface area contributed by atoms with Gasteiger partial charge in [0.15, 0.2) is 0 Å². The van der Waals surface area contributed by atoms with E-state index in [4.69, 9.17) is 0 Å². The molecule has 2 bridgehead atoms. The number of aromatic nitrogens is 1. The van der Waals surface area contributed by atoms with Crippen molar-refractivity contribution in [3.63, 3.8) is 0 Å². The van der Waals surface area contributed by atoms with E-state index >= 15 is 0 Å². The number of nitrogens with zero attached hydrogens (tertiary/aromatic N) is 4. The largest absolute Gasteiger partial charge is 0.348 e. The Labute approximate surface area is 162 Å². The molecule has 3 aliphatic heterocycles. The smallest absolute Gasteiger partial charge is 0.236 e. The first-order valence-electron chi connectivity index (χ1n) is 10.3. The Bertz CT molecular complexity index is 812. The van der Waals surface area contributed by atoms with Crippen LogP contribution in [0.15, 0.2) is 30.5 Å². The van der Waals surface area contributed by atoms with E-state index in [0.717, 1.165) is 32.7 Å². The highest BCUT2D eigenvalue weighted by Crippen LogP contribution is 2.30. The number of likely N-dealkylation sites (N-methyl/N-ethyl adjacent to an activating group) is 1. The first-order valence-corrected chi connectivity index (χ1v) is 10.3. The molecule has 5 rings (SSSR count). The van der Waals surface area contributed by atoms with Gasteiger partial charge in [0.1, 0.15) is 0 Å². The summed E-state index contributed by atoms with van der Waals surface area (Å²) in [6.07, 6.45) is 4.73. The normalized spacial score (nSPS) is 23.7. The zero-order chi connectivity index (χ0) is 19.0. The highest BCUT2D eigenvalue weighted by atomic mass is 16.2. The monoisotopic (exact) mass is 368 g/mol. The summed E-state index contributed by atoms with van der Waals surface area (Å²) < 4.78 is 2.32. The van der Waals surface area contributed by atoms with E-state index in [2.05, 4.69) is 51.8 Å². The fourth-order valence-corrected chi connectivity index (χ4v) is 4.77. The lowest BCUT2D eigenvalue weighted by Gasteiger charge is -2.36. The number of aryl methyl sites for hydroxylation is 1. The van der Waals surface area contributed by atoms with Crippen molar-refractivity contribution >= 4 is 16.8 Å². The second-order valence-corrected chi connectivity index (χ2v) is 8.50. The van der Waals surface area contributed by atoms with Gasteiger partial charge in [0.2, 0.25) is 5.91 Å². The Morgan fingerprint density at radius 1 is 1.15 bits per heavy atom. The van der Waals surface area contributed by atoms with Crippen LogP contribution in [0.5, 0.6) is 0 Å². The molecule has 2 atom stereocenters. The summed E-state index contributed by atoms with van der Waals surface area (Å²) in [5.41, 5.74) is 2.74. The van der Waals surface area contributed by atoms with Crippen molar-refractivity contribution in [2.75, 3.05) is 40.3 Å². The lowest BCUT2D eigenvalue weighted by molar-refractivity contribution is -0.130. The van der Waals surface area contributed by atoms with Crippen LogP contribution in [-0.2, 0) is 17.9 Å². The van der Waals surface area contributed by atoms with Crippen LogP contribution < -0.4 is 0 Å². The van der Waals surface area contributed by atoms with Gasteiger partial charge in [-0.1, -0.05) is 12.1 Å². The minimum atomic E-state index is 0.216. The molecule has 0 saturated carbocycles. The molecule has 27 heavy (non-hydrogen) atoms. The minimum Gasteiger partial charge on any atom is -0.348 e. The van der Waals surface area contributed by atoms with E-state index in [1.165, 1.54) is 29.3 Å². The van der Waals surface area contributed by atoms with Gasteiger partial charge in [0.25, 0.3) is 0 Å². The van der Waals surface area contributed by atoms with Gasteiger partial charge in [-0.2, -0.15) is 0 Å². The molecule has 0 aliphatic carbocycles. The zero-order valence-corrected chi connectivity index (χ0v) is 16.9. The average Bonchev–Trinajstić information content (AvgIpc) is 2.86. The molecule has 1 amide bonds. The Hall–Kier alpha value is -1.85. The van der Waals surface area contributed by atoms with Gasteiger partial charge >= 0.3 is 0 Å². The first kappa shape index (κ1) is 18.5. The summed E-state index contributed by atoms with van der Waals surface area (Å²) in [4.78, 5) is 18.9. The number of rotatable bonds is 5. The molecule has 3 aliphatic rings. The lowest BCUT2D eigenvalue weighted by Crippen LogP contribution is -2.44. The predicted octanol–water partition coefficient (Wildman–Crippen LogP) is 2.65. The average molecular weight is 369 g/mol. The summed E-state index contributed by atoms with van der Waals surface area (Å²) in [5.74, 6) is 0.899. The number of carbonyl (C=O) groups is 1. The summed E-state index contributed by atoms with van der Waals surface area (Å²) in [6.45, 7) is 8.02. The van der Waals surface area contributed by atoms with Crippen LogP contribution in [0, 0.1) is 5.92 Å². The first-order chi connectivity index (χ1) is 13.0. The molecule has 3 saturated heterocycles. The third-order valence-electron chi connectivity index (χ3n) is 6.32. The molecule has 0 spiro atoms. The molecule has 5 heteroatoms. The van der Waals surface area contributed by atoms with Gasteiger partial charge in [-0.05, 0) is 48.8 Å². The summed E-state index contributed by atoms with van der Waals surface area (Å²) >= 11 is 0. The van der Waals surface area contributed by atoms with Gasteiger partial charge in [0.05, 0.1) is 6.54 Å². The van der Waals surface area contributed by atoms with Crippen LogP contribution in [0.1, 0.15) is 25.3 Å². The number of amides is 1. The van der Waals surface area contributed by atoms with Crippen LogP contribution in [0.4, 0.5) is 0 Å². The third kappa shape index (κ3) is 3.90. The van der Waals surface area contributed by atoms with Crippen LogP contribution in [-0.4, -0.2) is 71.5 Å². The fraction of sp³-hybridized carbons (Fsp3) is 0.591. The predicted molar refractivity (Wildman–Crippen MR) is 110 cm³/mol. The molecule has 2 aromatic rings. The fourth-order valence-electron chi connectivity index (χ4n) is 4.77. The van der Waals surface area contributed by atoms with Crippen LogP contribution >= 0.6 is 0 Å². The molecule has 0 N–H and O–H groups in total. The van der Waals surface area contributed by atoms with Crippen molar-refractivity contribution in [3.05, 3.63) is 36.0 Å². The highest BCUT2D eigenvalue weighted by molar-refractivity contribution is 5.80. The topological polar surface area (TPSA) is 31.7 Å². The third-order valence-corrected chi connectivity index (χ3v) is 6.32. The molecule has 146 valence electrons. The van der Waals surface area contributed by atoms with Crippen LogP contribution in [0.25, 0.3) is 10.9 Å². The van der Waals surface area contributed by atoms with Crippen molar-refractivity contribution in [1.82, 2.24) is 19.3 Å². The van der Waals surface area contributed by atoms with Gasteiger partial charge < -0.3 is 9.47 Å². The van der Waals surface area contributed by atoms with Crippen molar-refractivity contribution < 1.29 is 4.79 Å². The zero-order valence-electron chi connectivity index (χ0n) is 16.9. The standard InChI is InChI=1S/C22H32N4O/c1-4-25-10-9-19-7-5-17(11-21(19)25)13-26-14-18-6-8-20(26)15-24(12-18)16-22(27)23(2)3/h5,7,9-11,18,20H,4,6,8,12-16H2,1-3H3/t18-,20+/m0/s1. The van der Waals surface area contributed by atoms with E-state index in [1.807, 2.05) is 14.1 Å². The maximum atomic E-state index is 12.2. The van der Waals surface area contributed by atoms with Crippen molar-refractivity contribution in [1.29, 1.82) is 0 Å². The van der Waals surface area contributed by atoms with Gasteiger partial charge in [-0.3, -0.25) is 14.6 Å². The minimum absolute atomic E-state index is 0.216. The maximum Gasteiger partial charge on any atom is 0.236 e. The Balaban J connectivity index is 1.48. The second-order valence-electron chi connectivity index (χ2n) is 8.50. The number of fused-ring (bicyclic) bond motifs is 5. The number of piperidine rings is 1. The number of hydrogen-bond acceptors (Lipinski definition) is 3. The molecule has 5 nitrogen and oxygen atoms in total. The number of hydrogen-bond donors (Lipinski definition) is 0. The van der Waals surface area contributed by atoms with Gasteiger partial charge in [-0.15, -0.1) is 0 Å². The molecule has 0 unspecified atom stereocenters. The molecular formula is C22H32N4O. The number of carbonyl (C=O) groups excluding carboxylic acids is 1. The Kier molecular flexibility index (Phi) is 5.24. The van der Waals surface area contributed by atoms with Crippen molar-refractivity contribution in [2.24, 2.45) is 5.92 Å². The Morgan fingerprint density at radius 3 is 2.78 bits per heavy atom. The highest BCUT2D eigenvalue weighted by Gasteiger charge is 2.35. The van der Waals surface area contributed by atoms with Gasteiger partial charge in [-0.25, -0.2) is 0 Å². The molecule has 3 fully saturated rings. The number of benzene rings is 1. The SMILES string of the molecule is CCn1ccc2ccc(CN3C[C@H]4CC[C@@H]3CN(CC(=O)N(C)C)C4)cc21. The van der Waals surface area contributed by atoms with E-state index in [-0.39, 0.29) is 5.91 Å². The Morgan fingerprint density at radius 2 is 2.00 bits per heavy atom. The van der Waals surface area contributed by atoms with E-state index in [9.17, 15) is 4.79 Å². The molecule has 4 heterocycles. The second kappa shape index (κ2) is 7.64. The van der Waals surface area contributed by atoms with Crippen molar-refractivity contribution in [2.45, 2.75) is 38.9 Å². The van der Waals surface area contributed by atoms with E-state index in [1.54, 1.807) is 4.90 Å².